The van der Waals surface area contributed by atoms with E-state index in [0.29, 0.717) is 22.5 Å². The highest BCUT2D eigenvalue weighted by Crippen LogP contribution is 2.27. The van der Waals surface area contributed by atoms with Gasteiger partial charge in [0.15, 0.2) is 5.43 Å². The lowest BCUT2D eigenvalue weighted by Crippen LogP contribution is -2.44. The third kappa shape index (κ3) is 3.86. The van der Waals surface area contributed by atoms with E-state index < -0.39 is 5.91 Å². The highest BCUT2D eigenvalue weighted by Gasteiger charge is 2.20. The average molecular weight is 407 g/mol. The van der Waals surface area contributed by atoms with E-state index in [1.54, 1.807) is 12.1 Å². The molecule has 156 valence electrons. The zero-order valence-corrected chi connectivity index (χ0v) is 17.4. The number of nitrogens with zero attached hydrogens (tertiary/aromatic N) is 3. The third-order valence-electron chi connectivity index (χ3n) is 5.47. The second-order valence-electron chi connectivity index (χ2n) is 7.53. The number of benzene rings is 1. The number of pyridine rings is 2. The molecule has 4 rings (SSSR count). The number of methoxy groups -OCH3 is 1. The lowest BCUT2D eigenvalue weighted by atomic mass is 10.1. The Balaban J connectivity index is 1.71. The van der Waals surface area contributed by atoms with E-state index in [1.165, 1.54) is 19.4 Å². The van der Waals surface area contributed by atoms with Crippen LogP contribution in [0.1, 0.15) is 16.1 Å². The van der Waals surface area contributed by atoms with E-state index in [2.05, 4.69) is 32.1 Å². The summed E-state index contributed by atoms with van der Waals surface area (Å²) in [6.07, 6.45) is 1.51. The van der Waals surface area contributed by atoms with Crippen LogP contribution in [0.3, 0.4) is 0 Å². The van der Waals surface area contributed by atoms with Crippen LogP contribution in [0.15, 0.2) is 41.3 Å². The molecule has 1 fully saturated rings. The first-order valence-electron chi connectivity index (χ1n) is 9.88. The number of amides is 1. The predicted octanol–water partition coefficient (Wildman–Crippen LogP) is 2.24. The van der Waals surface area contributed by atoms with Gasteiger partial charge in [0.25, 0.3) is 5.91 Å². The van der Waals surface area contributed by atoms with E-state index >= 15 is 0 Å². The number of likely N-dealkylation sites (N-methyl/N-ethyl adjacent to an activating group) is 1. The molecule has 1 amide bonds. The normalized spacial score (nSPS) is 14.7. The number of ether oxygens (including phenoxy) is 1. The minimum absolute atomic E-state index is 0.171. The minimum Gasteiger partial charge on any atom is -0.481 e. The number of rotatable bonds is 4. The molecular weight excluding hydrogens is 382 g/mol. The fraction of sp³-hybridized carbons (Fsp3) is 0.318. The topological polar surface area (TPSA) is 90.6 Å². The largest absolute Gasteiger partial charge is 0.481 e. The molecule has 0 saturated carbocycles. The van der Waals surface area contributed by atoms with Crippen LogP contribution in [0.5, 0.6) is 5.88 Å². The standard InChI is InChI=1S/C22H25N5O3/c1-14-4-6-17(27-10-8-26(2)9-11-27)21-20(14)18(28)12-16(25-21)22(29)24-15-5-7-19(30-3)23-13-15/h4-7,12-13H,8-11H2,1-3H3,(H,24,29)(H,25,28). The van der Waals surface area contributed by atoms with Crippen molar-refractivity contribution in [2.24, 2.45) is 0 Å². The number of nitrogens with one attached hydrogen (secondary N) is 2. The number of hydrogen-bond acceptors (Lipinski definition) is 6. The van der Waals surface area contributed by atoms with Gasteiger partial charge in [-0.3, -0.25) is 9.59 Å². The van der Waals surface area contributed by atoms with Crippen LogP contribution in [0.25, 0.3) is 10.9 Å². The Hall–Kier alpha value is -3.39. The maximum absolute atomic E-state index is 12.9. The van der Waals surface area contributed by atoms with E-state index in [-0.39, 0.29) is 11.1 Å². The summed E-state index contributed by atoms with van der Waals surface area (Å²) >= 11 is 0. The van der Waals surface area contributed by atoms with Crippen LogP contribution in [-0.2, 0) is 0 Å². The Morgan fingerprint density at radius 3 is 2.60 bits per heavy atom. The second kappa shape index (κ2) is 8.16. The van der Waals surface area contributed by atoms with Crippen LogP contribution in [-0.4, -0.2) is 61.1 Å². The third-order valence-corrected chi connectivity index (χ3v) is 5.47. The van der Waals surface area contributed by atoms with Gasteiger partial charge in [-0.15, -0.1) is 0 Å². The fourth-order valence-corrected chi connectivity index (χ4v) is 3.72. The predicted molar refractivity (Wildman–Crippen MR) is 118 cm³/mol. The van der Waals surface area contributed by atoms with Crippen LogP contribution >= 0.6 is 0 Å². The van der Waals surface area contributed by atoms with Crippen molar-refractivity contribution in [3.63, 3.8) is 0 Å². The van der Waals surface area contributed by atoms with Gasteiger partial charge in [-0.1, -0.05) is 6.07 Å². The number of fused-ring (bicyclic) bond motifs is 1. The number of piperazine rings is 1. The SMILES string of the molecule is COc1ccc(NC(=O)c2cc(=O)c3c(C)ccc(N4CCN(C)CC4)c3[nH]2)cn1. The zero-order valence-electron chi connectivity index (χ0n) is 17.4. The van der Waals surface area contributed by atoms with Crippen molar-refractivity contribution >= 4 is 28.2 Å². The molecule has 0 aliphatic carbocycles. The molecule has 3 aromatic rings. The van der Waals surface area contributed by atoms with Crippen molar-refractivity contribution in [3.05, 3.63) is 58.0 Å². The first kappa shape index (κ1) is 19.9. The molecule has 8 heteroatoms. The minimum atomic E-state index is -0.396. The molecule has 0 bridgehead atoms. The monoisotopic (exact) mass is 407 g/mol. The summed E-state index contributed by atoms with van der Waals surface area (Å²) in [6.45, 7) is 5.54. The number of aromatic amines is 1. The molecule has 0 spiro atoms. The Morgan fingerprint density at radius 1 is 1.17 bits per heavy atom. The van der Waals surface area contributed by atoms with Gasteiger partial charge in [-0.2, -0.15) is 0 Å². The highest BCUT2D eigenvalue weighted by atomic mass is 16.5. The van der Waals surface area contributed by atoms with E-state index in [9.17, 15) is 9.59 Å². The Kier molecular flexibility index (Phi) is 5.41. The van der Waals surface area contributed by atoms with Crippen LogP contribution < -0.4 is 20.4 Å². The van der Waals surface area contributed by atoms with Gasteiger partial charge in [0, 0.05) is 38.3 Å². The maximum Gasteiger partial charge on any atom is 0.272 e. The van der Waals surface area contributed by atoms with Crippen molar-refractivity contribution in [2.45, 2.75) is 6.92 Å². The molecule has 0 atom stereocenters. The molecule has 1 aromatic carbocycles. The van der Waals surface area contributed by atoms with Gasteiger partial charge < -0.3 is 24.8 Å². The Morgan fingerprint density at radius 2 is 1.93 bits per heavy atom. The summed E-state index contributed by atoms with van der Waals surface area (Å²) in [6, 6.07) is 8.70. The fourth-order valence-electron chi connectivity index (χ4n) is 3.72. The summed E-state index contributed by atoms with van der Waals surface area (Å²) in [4.78, 5) is 37.5. The van der Waals surface area contributed by atoms with Crippen molar-refractivity contribution in [2.75, 3.05) is 50.6 Å². The number of aryl methyl sites for hydroxylation is 1. The summed E-state index contributed by atoms with van der Waals surface area (Å²) in [7, 11) is 3.63. The summed E-state index contributed by atoms with van der Waals surface area (Å²) in [5, 5.41) is 3.39. The van der Waals surface area contributed by atoms with Crippen LogP contribution in [0.4, 0.5) is 11.4 Å². The number of carbonyl (C=O) groups excluding carboxylic acids is 1. The van der Waals surface area contributed by atoms with Gasteiger partial charge in [0.2, 0.25) is 5.88 Å². The number of H-pyrrole nitrogens is 1. The molecule has 0 radical (unpaired) electrons. The number of hydrogen-bond donors (Lipinski definition) is 2. The van der Waals surface area contributed by atoms with Gasteiger partial charge in [0.05, 0.1) is 35.6 Å². The van der Waals surface area contributed by atoms with Crippen molar-refractivity contribution < 1.29 is 9.53 Å². The molecule has 1 aliphatic rings. The number of carbonyl (C=O) groups is 1. The lowest BCUT2D eigenvalue weighted by Gasteiger charge is -2.34. The molecular formula is C22H25N5O3. The van der Waals surface area contributed by atoms with Crippen molar-refractivity contribution in [3.8, 4) is 5.88 Å². The molecule has 3 heterocycles. The summed E-state index contributed by atoms with van der Waals surface area (Å²) in [5.41, 5.74) is 3.09. The summed E-state index contributed by atoms with van der Waals surface area (Å²) < 4.78 is 5.03. The maximum atomic E-state index is 12.9. The van der Waals surface area contributed by atoms with E-state index in [0.717, 1.165) is 37.4 Å². The number of anilines is 2. The average Bonchev–Trinajstić information content (AvgIpc) is 2.75. The Labute approximate surface area is 174 Å². The molecule has 1 aliphatic heterocycles. The van der Waals surface area contributed by atoms with Crippen molar-refractivity contribution in [1.82, 2.24) is 14.9 Å². The van der Waals surface area contributed by atoms with E-state index in [4.69, 9.17) is 4.74 Å². The van der Waals surface area contributed by atoms with E-state index in [1.807, 2.05) is 19.1 Å². The van der Waals surface area contributed by atoms with Crippen molar-refractivity contribution in [1.29, 1.82) is 0 Å². The molecule has 2 N–H and O–H groups in total. The molecule has 30 heavy (non-hydrogen) atoms. The smallest absolute Gasteiger partial charge is 0.272 e. The molecule has 8 nitrogen and oxygen atoms in total. The van der Waals surface area contributed by atoms with Gasteiger partial charge in [0.1, 0.15) is 5.69 Å². The molecule has 2 aromatic heterocycles. The number of aromatic nitrogens is 2. The van der Waals surface area contributed by atoms with Gasteiger partial charge >= 0.3 is 0 Å². The van der Waals surface area contributed by atoms with Gasteiger partial charge in [-0.05, 0) is 31.7 Å². The molecule has 1 saturated heterocycles. The Bertz CT molecular complexity index is 1130. The first-order chi connectivity index (χ1) is 14.5. The molecule has 0 unspecified atom stereocenters. The first-order valence-corrected chi connectivity index (χ1v) is 9.88. The highest BCUT2D eigenvalue weighted by molar-refractivity contribution is 6.05. The van der Waals surface area contributed by atoms with Crippen LogP contribution in [0.2, 0.25) is 0 Å². The zero-order chi connectivity index (χ0) is 21.3. The second-order valence-corrected chi connectivity index (χ2v) is 7.53. The quantitative estimate of drug-likeness (QED) is 0.689. The summed E-state index contributed by atoms with van der Waals surface area (Å²) in [5.74, 6) is 0.0613. The lowest BCUT2D eigenvalue weighted by molar-refractivity contribution is 0.102. The van der Waals surface area contributed by atoms with Gasteiger partial charge in [-0.25, -0.2) is 4.98 Å². The van der Waals surface area contributed by atoms with Crippen LogP contribution in [0, 0.1) is 6.92 Å².